The molecule has 0 amide bonds. The van der Waals surface area contributed by atoms with Crippen LogP contribution in [0.1, 0.15) is 39.0 Å². The molecule has 15 heavy (non-hydrogen) atoms. The molecule has 4 heteroatoms. The van der Waals surface area contributed by atoms with Crippen LogP contribution < -0.4 is 5.32 Å². The lowest BCUT2D eigenvalue weighted by Crippen LogP contribution is -2.53. The summed E-state index contributed by atoms with van der Waals surface area (Å²) in [6.07, 6.45) is 5.31. The molecule has 1 rings (SSSR count). The SMILES string of the molecule is CC[C@H]1CC[C@](NC)(C(=O)OC)CC1.Cl. The van der Waals surface area contributed by atoms with Crippen molar-refractivity contribution in [2.24, 2.45) is 5.92 Å². The topological polar surface area (TPSA) is 38.3 Å². The second-order valence-electron chi connectivity index (χ2n) is 4.18. The number of nitrogens with one attached hydrogen (secondary N) is 1. The highest BCUT2D eigenvalue weighted by atomic mass is 35.5. The van der Waals surface area contributed by atoms with E-state index in [-0.39, 0.29) is 18.4 Å². The summed E-state index contributed by atoms with van der Waals surface area (Å²) in [6.45, 7) is 2.22. The quantitative estimate of drug-likeness (QED) is 0.762. The third-order valence-electron chi connectivity index (χ3n) is 3.59. The summed E-state index contributed by atoms with van der Waals surface area (Å²) in [5.74, 6) is 0.690. The Hall–Kier alpha value is -0.280. The number of halogens is 1. The molecule has 0 heterocycles. The number of carbonyl (C=O) groups is 1. The highest BCUT2D eigenvalue weighted by Gasteiger charge is 2.40. The molecule has 0 saturated heterocycles. The van der Waals surface area contributed by atoms with Crippen LogP contribution in [0.25, 0.3) is 0 Å². The third kappa shape index (κ3) is 3.08. The van der Waals surface area contributed by atoms with Gasteiger partial charge in [-0.05, 0) is 38.6 Å². The van der Waals surface area contributed by atoms with Crippen LogP contribution in [0.15, 0.2) is 0 Å². The van der Waals surface area contributed by atoms with Crippen molar-refractivity contribution in [2.75, 3.05) is 14.2 Å². The molecule has 0 bridgehead atoms. The minimum absolute atomic E-state index is 0. The molecule has 1 N–H and O–H groups in total. The second-order valence-corrected chi connectivity index (χ2v) is 4.18. The molecule has 0 aromatic heterocycles. The summed E-state index contributed by atoms with van der Waals surface area (Å²) in [4.78, 5) is 11.6. The molecule has 0 spiro atoms. The molecule has 3 nitrogen and oxygen atoms in total. The van der Waals surface area contributed by atoms with E-state index < -0.39 is 5.54 Å². The van der Waals surface area contributed by atoms with Crippen LogP contribution in [-0.4, -0.2) is 25.7 Å². The largest absolute Gasteiger partial charge is 0.468 e. The van der Waals surface area contributed by atoms with Gasteiger partial charge in [-0.15, -0.1) is 12.4 Å². The van der Waals surface area contributed by atoms with Gasteiger partial charge in [0.05, 0.1) is 7.11 Å². The zero-order chi connectivity index (χ0) is 10.6. The average molecular weight is 236 g/mol. The summed E-state index contributed by atoms with van der Waals surface area (Å²) in [6, 6.07) is 0. The molecule has 1 saturated carbocycles. The molecule has 0 aromatic rings. The number of ether oxygens (including phenoxy) is 1. The van der Waals surface area contributed by atoms with E-state index in [1.165, 1.54) is 13.5 Å². The lowest BCUT2D eigenvalue weighted by atomic mass is 9.75. The van der Waals surface area contributed by atoms with Crippen LogP contribution in [0.2, 0.25) is 0 Å². The summed E-state index contributed by atoms with van der Waals surface area (Å²) in [5, 5.41) is 3.14. The van der Waals surface area contributed by atoms with E-state index in [1.54, 1.807) is 0 Å². The van der Waals surface area contributed by atoms with E-state index in [0.29, 0.717) is 0 Å². The number of likely N-dealkylation sites (N-methyl/N-ethyl adjacent to an activating group) is 1. The predicted octanol–water partition coefficient (Wildman–Crippen LogP) is 2.14. The van der Waals surface area contributed by atoms with Gasteiger partial charge in [0.25, 0.3) is 0 Å². The molecule has 1 aliphatic carbocycles. The van der Waals surface area contributed by atoms with Crippen LogP contribution in [0.3, 0.4) is 0 Å². The molecular weight excluding hydrogens is 214 g/mol. The molecule has 0 atom stereocenters. The van der Waals surface area contributed by atoms with Crippen molar-refractivity contribution in [3.05, 3.63) is 0 Å². The average Bonchev–Trinajstić information content (AvgIpc) is 2.28. The van der Waals surface area contributed by atoms with Crippen LogP contribution >= 0.6 is 12.4 Å². The van der Waals surface area contributed by atoms with Gasteiger partial charge in [0.1, 0.15) is 5.54 Å². The predicted molar refractivity (Wildman–Crippen MR) is 63.3 cm³/mol. The number of hydrogen-bond donors (Lipinski definition) is 1. The minimum Gasteiger partial charge on any atom is -0.468 e. The van der Waals surface area contributed by atoms with Gasteiger partial charge in [0.2, 0.25) is 0 Å². The highest BCUT2D eigenvalue weighted by molar-refractivity contribution is 5.85. The monoisotopic (exact) mass is 235 g/mol. The van der Waals surface area contributed by atoms with Crippen molar-refractivity contribution in [2.45, 2.75) is 44.6 Å². The van der Waals surface area contributed by atoms with E-state index in [2.05, 4.69) is 12.2 Å². The normalized spacial score (nSPS) is 30.5. The van der Waals surface area contributed by atoms with Crippen LogP contribution in [0.5, 0.6) is 0 Å². The molecule has 0 radical (unpaired) electrons. The van der Waals surface area contributed by atoms with Crippen LogP contribution in [-0.2, 0) is 9.53 Å². The first-order valence-corrected chi connectivity index (χ1v) is 5.46. The number of rotatable bonds is 3. The first-order valence-electron chi connectivity index (χ1n) is 5.46. The third-order valence-corrected chi connectivity index (χ3v) is 3.59. The molecule has 90 valence electrons. The second kappa shape index (κ2) is 6.33. The fourth-order valence-electron chi connectivity index (χ4n) is 2.33. The van der Waals surface area contributed by atoms with Gasteiger partial charge in [-0.25, -0.2) is 0 Å². The Balaban J connectivity index is 0.00000196. The van der Waals surface area contributed by atoms with E-state index in [9.17, 15) is 4.79 Å². The Kier molecular flexibility index (Phi) is 6.22. The van der Waals surface area contributed by atoms with Crippen molar-refractivity contribution in [3.8, 4) is 0 Å². The minimum atomic E-state index is -0.402. The number of carbonyl (C=O) groups excluding carboxylic acids is 1. The first-order chi connectivity index (χ1) is 6.68. The number of methoxy groups -OCH3 is 1. The smallest absolute Gasteiger partial charge is 0.326 e. The van der Waals surface area contributed by atoms with Crippen molar-refractivity contribution in [1.82, 2.24) is 5.32 Å². The maximum Gasteiger partial charge on any atom is 0.326 e. The Bertz CT molecular complexity index is 201. The van der Waals surface area contributed by atoms with Gasteiger partial charge in [-0.1, -0.05) is 13.3 Å². The number of esters is 1. The van der Waals surface area contributed by atoms with E-state index in [1.807, 2.05) is 7.05 Å². The fourth-order valence-corrected chi connectivity index (χ4v) is 2.33. The van der Waals surface area contributed by atoms with Gasteiger partial charge in [0, 0.05) is 0 Å². The maximum absolute atomic E-state index is 11.6. The zero-order valence-corrected chi connectivity index (χ0v) is 10.7. The molecular formula is C11H22ClNO2. The lowest BCUT2D eigenvalue weighted by Gasteiger charge is -2.37. The van der Waals surface area contributed by atoms with E-state index >= 15 is 0 Å². The molecule has 0 unspecified atom stereocenters. The maximum atomic E-state index is 11.6. The summed E-state index contributed by atoms with van der Waals surface area (Å²) in [7, 11) is 3.32. The first kappa shape index (κ1) is 14.7. The van der Waals surface area contributed by atoms with Crippen molar-refractivity contribution >= 4 is 18.4 Å². The lowest BCUT2D eigenvalue weighted by molar-refractivity contribution is -0.150. The summed E-state index contributed by atoms with van der Waals surface area (Å²) >= 11 is 0. The Morgan fingerprint density at radius 2 is 2.00 bits per heavy atom. The van der Waals surface area contributed by atoms with Crippen LogP contribution in [0, 0.1) is 5.92 Å². The van der Waals surface area contributed by atoms with Gasteiger partial charge in [-0.3, -0.25) is 4.79 Å². The van der Waals surface area contributed by atoms with Crippen molar-refractivity contribution in [1.29, 1.82) is 0 Å². The molecule has 1 fully saturated rings. The van der Waals surface area contributed by atoms with Gasteiger partial charge >= 0.3 is 5.97 Å². The summed E-state index contributed by atoms with van der Waals surface area (Å²) in [5.41, 5.74) is -0.402. The van der Waals surface area contributed by atoms with Crippen LogP contribution in [0.4, 0.5) is 0 Å². The zero-order valence-electron chi connectivity index (χ0n) is 9.84. The highest BCUT2D eigenvalue weighted by Crippen LogP contribution is 2.34. The van der Waals surface area contributed by atoms with Gasteiger partial charge in [-0.2, -0.15) is 0 Å². The van der Waals surface area contributed by atoms with Gasteiger partial charge < -0.3 is 10.1 Å². The van der Waals surface area contributed by atoms with Gasteiger partial charge in [0.15, 0.2) is 0 Å². The molecule has 1 aliphatic rings. The van der Waals surface area contributed by atoms with E-state index in [0.717, 1.165) is 31.6 Å². The fraction of sp³-hybridized carbons (Fsp3) is 0.909. The van der Waals surface area contributed by atoms with Crippen molar-refractivity contribution < 1.29 is 9.53 Å². The van der Waals surface area contributed by atoms with Crippen molar-refractivity contribution in [3.63, 3.8) is 0 Å². The molecule has 0 aliphatic heterocycles. The van der Waals surface area contributed by atoms with E-state index in [4.69, 9.17) is 4.74 Å². The summed E-state index contributed by atoms with van der Waals surface area (Å²) < 4.78 is 4.85. The number of hydrogen-bond acceptors (Lipinski definition) is 3. The standard InChI is InChI=1S/C11H21NO2.ClH/c1-4-9-5-7-11(12-2,8-6-9)10(13)14-3;/h9,12H,4-8H2,1-3H3;1H/t9-,11+;. The Morgan fingerprint density at radius 1 is 1.47 bits per heavy atom. The molecule has 0 aromatic carbocycles. The Morgan fingerprint density at radius 3 is 2.33 bits per heavy atom. The Labute approximate surface area is 98.4 Å².